The molecule has 1 rings (SSSR count). The van der Waals surface area contributed by atoms with Crippen molar-refractivity contribution in [2.75, 3.05) is 0 Å². The lowest BCUT2D eigenvalue weighted by molar-refractivity contribution is 0.190. The van der Waals surface area contributed by atoms with Crippen molar-refractivity contribution in [3.8, 4) is 0 Å². The quantitative estimate of drug-likeness (QED) is 0.818. The summed E-state index contributed by atoms with van der Waals surface area (Å²) < 4.78 is 26.3. The molecule has 0 saturated carbocycles. The van der Waals surface area contributed by atoms with Gasteiger partial charge in [0.1, 0.15) is 11.6 Å². The zero-order chi connectivity index (χ0) is 11.6. The Hall–Kier alpha value is -1.17. The second kappa shape index (κ2) is 4.57. The minimum absolute atomic E-state index is 0.0310. The topological polar surface area (TPSA) is 49.3 Å². The molecule has 0 aliphatic rings. The molecule has 0 heterocycles. The van der Waals surface area contributed by atoms with E-state index in [1.165, 1.54) is 6.92 Å². The Morgan fingerprint density at radius 2 is 2.13 bits per heavy atom. The number of benzene rings is 1. The summed E-state index contributed by atoms with van der Waals surface area (Å²) in [5.41, 5.74) is -0.0377. The van der Waals surface area contributed by atoms with Crippen molar-refractivity contribution in [3.05, 3.63) is 33.8 Å². The highest BCUT2D eigenvalue weighted by molar-refractivity contribution is 9.10. The molecular weight excluding hydrogens is 272 g/mol. The third kappa shape index (κ3) is 2.89. The molecule has 0 fully saturated rings. The predicted molar refractivity (Wildman–Crippen MR) is 53.6 cm³/mol. The van der Waals surface area contributed by atoms with Crippen LogP contribution in [0.4, 0.5) is 13.6 Å². The highest BCUT2D eigenvalue weighted by atomic mass is 79.9. The van der Waals surface area contributed by atoms with Crippen LogP contribution in [0.1, 0.15) is 18.5 Å². The van der Waals surface area contributed by atoms with Gasteiger partial charge in [-0.15, -0.1) is 0 Å². The first-order chi connectivity index (χ1) is 6.91. The van der Waals surface area contributed by atoms with Gasteiger partial charge in [-0.05, 0) is 35.0 Å². The predicted octanol–water partition coefficient (Wildman–Crippen LogP) is 3.06. The molecule has 3 nitrogen and oxygen atoms in total. The van der Waals surface area contributed by atoms with Crippen molar-refractivity contribution in [2.45, 2.75) is 13.0 Å². The summed E-state index contributed by atoms with van der Waals surface area (Å²) in [6.07, 6.45) is -1.29. The molecule has 1 atom stereocenters. The molecular formula is C9H8BrF2NO2. The molecule has 0 radical (unpaired) electrons. The van der Waals surface area contributed by atoms with Gasteiger partial charge in [-0.2, -0.15) is 0 Å². The van der Waals surface area contributed by atoms with Crippen molar-refractivity contribution in [3.63, 3.8) is 0 Å². The first kappa shape index (κ1) is 11.9. The van der Waals surface area contributed by atoms with Gasteiger partial charge in [-0.1, -0.05) is 0 Å². The lowest BCUT2D eigenvalue weighted by Gasteiger charge is -2.13. The summed E-state index contributed by atoms with van der Waals surface area (Å²) in [7, 11) is 0. The molecule has 0 saturated heterocycles. The molecule has 82 valence electrons. The second-order valence-electron chi connectivity index (χ2n) is 2.96. The molecule has 6 heteroatoms. The summed E-state index contributed by atoms with van der Waals surface area (Å²) in [4.78, 5) is 10.3. The molecule has 15 heavy (non-hydrogen) atoms. The van der Waals surface area contributed by atoms with Crippen molar-refractivity contribution in [1.29, 1.82) is 0 Å². The van der Waals surface area contributed by atoms with Gasteiger partial charge in [0.2, 0.25) is 0 Å². The number of hydrogen-bond donors (Lipinski definition) is 2. The molecule has 0 aliphatic carbocycles. The lowest BCUT2D eigenvalue weighted by atomic mass is 10.1. The van der Waals surface area contributed by atoms with Gasteiger partial charge >= 0.3 is 6.09 Å². The van der Waals surface area contributed by atoms with Crippen LogP contribution in [0, 0.1) is 11.6 Å². The Morgan fingerprint density at radius 1 is 1.53 bits per heavy atom. The smallest absolute Gasteiger partial charge is 0.405 e. The molecule has 1 aromatic rings. The van der Waals surface area contributed by atoms with E-state index in [0.717, 1.165) is 12.1 Å². The van der Waals surface area contributed by atoms with Gasteiger partial charge in [0.05, 0.1) is 10.5 Å². The van der Waals surface area contributed by atoms with Crippen LogP contribution in [0.25, 0.3) is 0 Å². The van der Waals surface area contributed by atoms with E-state index >= 15 is 0 Å². The minimum Gasteiger partial charge on any atom is -0.465 e. The Bertz CT molecular complexity index is 398. The zero-order valence-corrected chi connectivity index (χ0v) is 9.31. The van der Waals surface area contributed by atoms with Gasteiger partial charge in [0.25, 0.3) is 0 Å². The van der Waals surface area contributed by atoms with E-state index in [9.17, 15) is 13.6 Å². The summed E-state index contributed by atoms with van der Waals surface area (Å²) in [6.45, 7) is 1.43. The third-order valence-electron chi connectivity index (χ3n) is 1.83. The summed E-state index contributed by atoms with van der Waals surface area (Å²) in [6, 6.07) is 1.13. The summed E-state index contributed by atoms with van der Waals surface area (Å²) in [5.74, 6) is -1.30. The first-order valence-corrected chi connectivity index (χ1v) is 4.85. The van der Waals surface area contributed by atoms with E-state index in [-0.39, 0.29) is 10.0 Å². The monoisotopic (exact) mass is 279 g/mol. The van der Waals surface area contributed by atoms with E-state index in [1.807, 2.05) is 5.32 Å². The Labute approximate surface area is 93.2 Å². The molecule has 0 bridgehead atoms. The average molecular weight is 280 g/mol. The molecule has 0 spiro atoms. The molecule has 1 amide bonds. The number of carboxylic acid groups (broad SMARTS) is 1. The maximum Gasteiger partial charge on any atom is 0.405 e. The van der Waals surface area contributed by atoms with E-state index < -0.39 is 23.8 Å². The van der Waals surface area contributed by atoms with Gasteiger partial charge in [0.15, 0.2) is 0 Å². The number of amides is 1. The SMILES string of the molecule is C[C@@H](NC(=O)O)c1cc(F)cc(Br)c1F. The number of hydrogen-bond acceptors (Lipinski definition) is 1. The van der Waals surface area contributed by atoms with Crippen LogP contribution in [0.2, 0.25) is 0 Å². The third-order valence-corrected chi connectivity index (χ3v) is 2.40. The fraction of sp³-hybridized carbons (Fsp3) is 0.222. The van der Waals surface area contributed by atoms with Crippen LogP contribution >= 0.6 is 15.9 Å². The van der Waals surface area contributed by atoms with Crippen molar-refractivity contribution in [1.82, 2.24) is 5.32 Å². The van der Waals surface area contributed by atoms with E-state index in [2.05, 4.69) is 15.9 Å². The molecule has 2 N–H and O–H groups in total. The van der Waals surface area contributed by atoms with Crippen LogP contribution in [-0.4, -0.2) is 11.2 Å². The Kier molecular flexibility index (Phi) is 3.62. The fourth-order valence-electron chi connectivity index (χ4n) is 1.15. The van der Waals surface area contributed by atoms with Crippen molar-refractivity contribution >= 4 is 22.0 Å². The van der Waals surface area contributed by atoms with Crippen LogP contribution in [0.5, 0.6) is 0 Å². The Balaban J connectivity index is 3.07. The van der Waals surface area contributed by atoms with Crippen molar-refractivity contribution < 1.29 is 18.7 Å². The number of halogens is 3. The van der Waals surface area contributed by atoms with Crippen molar-refractivity contribution in [2.24, 2.45) is 0 Å². The largest absolute Gasteiger partial charge is 0.465 e. The van der Waals surface area contributed by atoms with Gasteiger partial charge < -0.3 is 10.4 Å². The molecule has 0 aliphatic heterocycles. The zero-order valence-electron chi connectivity index (χ0n) is 7.72. The minimum atomic E-state index is -1.29. The molecule has 1 aromatic carbocycles. The maximum absolute atomic E-state index is 13.4. The van der Waals surface area contributed by atoms with Gasteiger partial charge in [0, 0.05) is 5.56 Å². The van der Waals surface area contributed by atoms with Gasteiger partial charge in [-0.25, -0.2) is 13.6 Å². The fourth-order valence-corrected chi connectivity index (χ4v) is 1.60. The van der Waals surface area contributed by atoms with Crippen LogP contribution < -0.4 is 5.32 Å². The Morgan fingerprint density at radius 3 is 2.67 bits per heavy atom. The molecule has 0 unspecified atom stereocenters. The maximum atomic E-state index is 13.4. The van der Waals surface area contributed by atoms with E-state index in [1.54, 1.807) is 0 Å². The lowest BCUT2D eigenvalue weighted by Crippen LogP contribution is -2.25. The highest BCUT2D eigenvalue weighted by Gasteiger charge is 2.16. The standard InChI is InChI=1S/C9H8BrF2NO2/c1-4(13-9(14)15)6-2-5(11)3-7(10)8(6)12/h2-4,13H,1H3,(H,14,15)/t4-/m1/s1. The number of nitrogens with one attached hydrogen (secondary N) is 1. The summed E-state index contributed by atoms with van der Waals surface area (Å²) >= 11 is 2.84. The summed E-state index contributed by atoms with van der Waals surface area (Å²) in [5, 5.41) is 10.5. The second-order valence-corrected chi connectivity index (χ2v) is 3.82. The van der Waals surface area contributed by atoms with E-state index in [0.29, 0.717) is 0 Å². The van der Waals surface area contributed by atoms with Gasteiger partial charge in [-0.3, -0.25) is 0 Å². The average Bonchev–Trinajstić information content (AvgIpc) is 2.09. The normalized spacial score (nSPS) is 12.3. The highest BCUT2D eigenvalue weighted by Crippen LogP contribution is 2.25. The number of rotatable bonds is 2. The van der Waals surface area contributed by atoms with Crippen LogP contribution in [0.3, 0.4) is 0 Å². The van der Waals surface area contributed by atoms with Crippen LogP contribution in [0.15, 0.2) is 16.6 Å². The van der Waals surface area contributed by atoms with Crippen LogP contribution in [-0.2, 0) is 0 Å². The number of carbonyl (C=O) groups is 1. The first-order valence-electron chi connectivity index (χ1n) is 4.05. The molecule has 0 aromatic heterocycles. The van der Waals surface area contributed by atoms with E-state index in [4.69, 9.17) is 5.11 Å².